The van der Waals surface area contributed by atoms with Crippen LogP contribution in [0.4, 0.5) is 5.69 Å². The second kappa shape index (κ2) is 6.26. The molecule has 1 aromatic rings. The third kappa shape index (κ3) is 4.36. The molecule has 18 heavy (non-hydrogen) atoms. The van der Waals surface area contributed by atoms with E-state index in [4.69, 9.17) is 16.3 Å². The first-order chi connectivity index (χ1) is 8.38. The van der Waals surface area contributed by atoms with Gasteiger partial charge >= 0.3 is 0 Å². The van der Waals surface area contributed by atoms with Gasteiger partial charge in [-0.05, 0) is 31.8 Å². The molecule has 0 aromatic heterocycles. The van der Waals surface area contributed by atoms with Gasteiger partial charge in [-0.25, -0.2) is 8.42 Å². The molecule has 102 valence electrons. The Hall–Kier alpha value is -0.980. The number of ether oxygens (including phenoxy) is 1. The molecule has 1 N–H and O–H groups in total. The van der Waals surface area contributed by atoms with Crippen molar-refractivity contribution in [3.8, 4) is 5.75 Å². The lowest BCUT2D eigenvalue weighted by molar-refractivity contribution is 0.400. The Bertz CT molecular complexity index is 503. The number of benzene rings is 1. The zero-order valence-corrected chi connectivity index (χ0v) is 12.2. The first-order valence-electron chi connectivity index (χ1n) is 5.26. The smallest absolute Gasteiger partial charge is 0.246 e. The maximum Gasteiger partial charge on any atom is 0.246 e. The predicted molar refractivity (Wildman–Crippen MR) is 73.6 cm³/mol. The first kappa shape index (κ1) is 15.1. The summed E-state index contributed by atoms with van der Waals surface area (Å²) in [5, 5.41) is -0.492. The van der Waals surface area contributed by atoms with Crippen LogP contribution < -0.4 is 9.46 Å². The van der Waals surface area contributed by atoms with Crippen LogP contribution in [0.5, 0.6) is 5.75 Å². The third-order valence-electron chi connectivity index (χ3n) is 2.17. The van der Waals surface area contributed by atoms with Gasteiger partial charge in [0.15, 0.2) is 0 Å². The Morgan fingerprint density at radius 2 is 2.06 bits per heavy atom. The molecule has 1 aromatic carbocycles. The van der Waals surface area contributed by atoms with E-state index >= 15 is 0 Å². The summed E-state index contributed by atoms with van der Waals surface area (Å²) in [6, 6.07) is 5.35. The normalized spacial score (nSPS) is 11.6. The fraction of sp³-hybridized carbons (Fsp3) is 0.455. The van der Waals surface area contributed by atoms with Gasteiger partial charge in [0.2, 0.25) is 10.0 Å². The summed E-state index contributed by atoms with van der Waals surface area (Å²) in [4.78, 5) is 1.99. The van der Waals surface area contributed by atoms with Crippen molar-refractivity contribution >= 4 is 27.3 Å². The Kier molecular flexibility index (Phi) is 5.25. The van der Waals surface area contributed by atoms with E-state index < -0.39 is 15.2 Å². The van der Waals surface area contributed by atoms with Crippen molar-refractivity contribution in [3.05, 3.63) is 23.8 Å². The summed E-state index contributed by atoms with van der Waals surface area (Å²) in [6.07, 6.45) is 0. The molecule has 0 fully saturated rings. The molecular weight excluding hydrogens is 276 g/mol. The van der Waals surface area contributed by atoms with E-state index in [1.807, 2.05) is 25.1 Å². The average molecular weight is 293 g/mol. The van der Waals surface area contributed by atoms with Crippen molar-refractivity contribution in [2.75, 3.05) is 31.1 Å². The number of rotatable bonds is 6. The van der Waals surface area contributed by atoms with E-state index in [9.17, 15) is 8.42 Å². The highest BCUT2D eigenvalue weighted by Crippen LogP contribution is 2.27. The molecule has 0 heterocycles. The highest BCUT2D eigenvalue weighted by Gasteiger charge is 2.12. The Morgan fingerprint density at radius 3 is 2.56 bits per heavy atom. The van der Waals surface area contributed by atoms with Crippen LogP contribution in [0.3, 0.4) is 0 Å². The lowest BCUT2D eigenvalue weighted by Crippen LogP contribution is -2.15. The number of alkyl halides is 1. The van der Waals surface area contributed by atoms with Gasteiger partial charge < -0.3 is 9.64 Å². The molecule has 0 saturated heterocycles. The minimum atomic E-state index is -3.53. The molecule has 0 saturated carbocycles. The first-order valence-corrected chi connectivity index (χ1v) is 7.44. The maximum absolute atomic E-state index is 11.5. The second-order valence-corrected chi connectivity index (χ2v) is 6.40. The molecule has 0 aliphatic heterocycles. The van der Waals surface area contributed by atoms with Gasteiger partial charge in [0.1, 0.15) is 11.0 Å². The SMILES string of the molecule is COc1ccc(CN(C)C)cc1NS(=O)(=O)CCl. The fourth-order valence-corrected chi connectivity index (χ4v) is 2.21. The molecule has 0 radical (unpaired) electrons. The maximum atomic E-state index is 11.5. The van der Waals surface area contributed by atoms with Crippen LogP contribution >= 0.6 is 11.6 Å². The number of halogens is 1. The molecule has 0 amide bonds. The molecule has 5 nitrogen and oxygen atoms in total. The van der Waals surface area contributed by atoms with Crippen molar-refractivity contribution in [2.45, 2.75) is 6.54 Å². The second-order valence-electron chi connectivity index (χ2n) is 4.10. The van der Waals surface area contributed by atoms with Gasteiger partial charge in [0, 0.05) is 6.54 Å². The molecule has 1 rings (SSSR count). The van der Waals surface area contributed by atoms with Gasteiger partial charge in [-0.2, -0.15) is 0 Å². The van der Waals surface area contributed by atoms with Gasteiger partial charge in [-0.3, -0.25) is 4.72 Å². The fourth-order valence-electron chi connectivity index (χ4n) is 1.49. The van der Waals surface area contributed by atoms with E-state index in [0.717, 1.165) is 5.56 Å². The average Bonchev–Trinajstić information content (AvgIpc) is 2.28. The van der Waals surface area contributed by atoms with Crippen LogP contribution in [0.25, 0.3) is 0 Å². The standard InChI is InChI=1S/C11H17ClN2O3S/c1-14(2)7-9-4-5-11(17-3)10(6-9)13-18(15,16)8-12/h4-6,13H,7-8H2,1-3H3. The summed E-state index contributed by atoms with van der Waals surface area (Å²) in [5.41, 5.74) is 1.38. The lowest BCUT2D eigenvalue weighted by atomic mass is 10.2. The van der Waals surface area contributed by atoms with Crippen LogP contribution in [0.1, 0.15) is 5.56 Å². The van der Waals surface area contributed by atoms with Crippen LogP contribution in [-0.2, 0) is 16.6 Å². The summed E-state index contributed by atoms with van der Waals surface area (Å²) in [5.74, 6) is 0.464. The van der Waals surface area contributed by atoms with E-state index in [2.05, 4.69) is 4.72 Å². The molecule has 0 unspecified atom stereocenters. The number of sulfonamides is 1. The van der Waals surface area contributed by atoms with Gasteiger partial charge in [0.25, 0.3) is 0 Å². The van der Waals surface area contributed by atoms with Crippen molar-refractivity contribution in [1.82, 2.24) is 4.90 Å². The molecule has 0 bridgehead atoms. The zero-order chi connectivity index (χ0) is 13.8. The van der Waals surface area contributed by atoms with Crippen molar-refractivity contribution < 1.29 is 13.2 Å². The molecule has 0 aliphatic rings. The van der Waals surface area contributed by atoms with Gasteiger partial charge in [0.05, 0.1) is 12.8 Å². The van der Waals surface area contributed by atoms with Crippen molar-refractivity contribution in [1.29, 1.82) is 0 Å². The van der Waals surface area contributed by atoms with Gasteiger partial charge in [-0.1, -0.05) is 6.07 Å². The topological polar surface area (TPSA) is 58.6 Å². The Balaban J connectivity index is 3.06. The highest BCUT2D eigenvalue weighted by atomic mass is 35.5. The van der Waals surface area contributed by atoms with Crippen LogP contribution in [-0.4, -0.2) is 39.7 Å². The number of anilines is 1. The minimum Gasteiger partial charge on any atom is -0.495 e. The van der Waals surface area contributed by atoms with Crippen LogP contribution in [0.2, 0.25) is 0 Å². The van der Waals surface area contributed by atoms with Crippen LogP contribution in [0, 0.1) is 0 Å². The van der Waals surface area contributed by atoms with E-state index in [1.54, 1.807) is 12.1 Å². The predicted octanol–water partition coefficient (Wildman–Crippen LogP) is 1.69. The van der Waals surface area contributed by atoms with E-state index in [0.29, 0.717) is 18.0 Å². The quantitative estimate of drug-likeness (QED) is 0.811. The third-order valence-corrected chi connectivity index (χ3v) is 3.85. The summed E-state index contributed by atoms with van der Waals surface area (Å²) in [6.45, 7) is 0.708. The number of nitrogens with one attached hydrogen (secondary N) is 1. The number of hydrogen-bond donors (Lipinski definition) is 1. The summed E-state index contributed by atoms with van der Waals surface area (Å²) >= 11 is 5.36. The zero-order valence-electron chi connectivity index (χ0n) is 10.6. The monoisotopic (exact) mass is 292 g/mol. The van der Waals surface area contributed by atoms with Crippen molar-refractivity contribution in [2.24, 2.45) is 0 Å². The molecule has 0 atom stereocenters. The molecule has 0 aliphatic carbocycles. The largest absolute Gasteiger partial charge is 0.495 e. The van der Waals surface area contributed by atoms with Crippen molar-refractivity contribution in [3.63, 3.8) is 0 Å². The van der Waals surface area contributed by atoms with Crippen LogP contribution in [0.15, 0.2) is 18.2 Å². The number of nitrogens with zero attached hydrogens (tertiary/aromatic N) is 1. The molecule has 7 heteroatoms. The number of hydrogen-bond acceptors (Lipinski definition) is 4. The lowest BCUT2D eigenvalue weighted by Gasteiger charge is -2.14. The summed E-state index contributed by atoms with van der Waals surface area (Å²) < 4.78 is 30.4. The van der Waals surface area contributed by atoms with E-state index in [-0.39, 0.29) is 0 Å². The minimum absolute atomic E-state index is 0.400. The van der Waals surface area contributed by atoms with Gasteiger partial charge in [-0.15, -0.1) is 11.6 Å². The Morgan fingerprint density at radius 1 is 1.39 bits per heavy atom. The highest BCUT2D eigenvalue weighted by molar-refractivity contribution is 7.93. The summed E-state index contributed by atoms with van der Waals surface area (Å²) in [7, 11) is 1.83. The Labute approximate surface area is 113 Å². The number of methoxy groups -OCH3 is 1. The molecular formula is C11H17ClN2O3S. The van der Waals surface area contributed by atoms with E-state index in [1.165, 1.54) is 7.11 Å². The molecule has 0 spiro atoms.